The highest BCUT2D eigenvalue weighted by Crippen LogP contribution is 2.23. The van der Waals surface area contributed by atoms with Gasteiger partial charge in [0.1, 0.15) is 5.75 Å². The number of nitrogens with zero attached hydrogens (tertiary/aromatic N) is 2. The summed E-state index contributed by atoms with van der Waals surface area (Å²) in [5.74, 6) is 0.797. The molecule has 0 bridgehead atoms. The van der Waals surface area contributed by atoms with Gasteiger partial charge in [0.15, 0.2) is 0 Å². The van der Waals surface area contributed by atoms with Crippen molar-refractivity contribution in [2.45, 2.75) is 12.8 Å². The summed E-state index contributed by atoms with van der Waals surface area (Å²) in [7, 11) is 1.62. The van der Waals surface area contributed by atoms with Gasteiger partial charge < -0.3 is 9.64 Å². The fraction of sp³-hybridized carbons (Fsp3) is 0.385. The van der Waals surface area contributed by atoms with Crippen LogP contribution >= 0.6 is 0 Å². The second kappa shape index (κ2) is 4.88. The van der Waals surface area contributed by atoms with Crippen LogP contribution in [0.1, 0.15) is 22.3 Å². The van der Waals surface area contributed by atoms with Crippen molar-refractivity contribution in [3.63, 3.8) is 0 Å². The predicted molar refractivity (Wildman–Crippen MR) is 62.8 cm³/mol. The van der Waals surface area contributed by atoms with Crippen LogP contribution in [0.4, 0.5) is 0 Å². The maximum atomic E-state index is 12.1. The summed E-state index contributed by atoms with van der Waals surface area (Å²) in [5.41, 5.74) is 1.76. The Balaban J connectivity index is 2.22. The Morgan fingerprint density at radius 1 is 1.53 bits per heavy atom. The van der Waals surface area contributed by atoms with E-state index in [0.717, 1.165) is 23.3 Å². The van der Waals surface area contributed by atoms with Crippen molar-refractivity contribution in [1.82, 2.24) is 4.90 Å². The largest absolute Gasteiger partial charge is 0.497 e. The fourth-order valence-electron chi connectivity index (χ4n) is 2.04. The summed E-state index contributed by atoms with van der Waals surface area (Å²) >= 11 is 0. The summed E-state index contributed by atoms with van der Waals surface area (Å²) in [5, 5.41) is 8.54. The van der Waals surface area contributed by atoms with Gasteiger partial charge in [-0.1, -0.05) is 0 Å². The van der Waals surface area contributed by atoms with Crippen LogP contribution in [-0.2, 0) is 6.42 Å². The molecule has 0 saturated carbocycles. The van der Waals surface area contributed by atoms with E-state index in [4.69, 9.17) is 10.00 Å². The zero-order valence-corrected chi connectivity index (χ0v) is 9.77. The molecule has 0 N–H and O–H groups in total. The monoisotopic (exact) mass is 230 g/mol. The Labute approximate surface area is 100 Å². The van der Waals surface area contributed by atoms with Crippen molar-refractivity contribution in [1.29, 1.82) is 5.26 Å². The minimum absolute atomic E-state index is 0.0177. The molecule has 1 aromatic rings. The number of methoxy groups -OCH3 is 1. The molecule has 2 rings (SSSR count). The highest BCUT2D eigenvalue weighted by molar-refractivity contribution is 5.96. The molecule has 17 heavy (non-hydrogen) atoms. The lowest BCUT2D eigenvalue weighted by molar-refractivity contribution is 0.0743. The lowest BCUT2D eigenvalue weighted by atomic mass is 9.98. The topological polar surface area (TPSA) is 53.3 Å². The summed E-state index contributed by atoms with van der Waals surface area (Å²) in [6.07, 6.45) is 1.21. The molecular weight excluding hydrogens is 216 g/mol. The molecule has 0 atom stereocenters. The molecule has 0 aliphatic carbocycles. The third-order valence-corrected chi connectivity index (χ3v) is 2.97. The van der Waals surface area contributed by atoms with Gasteiger partial charge in [-0.25, -0.2) is 0 Å². The molecule has 0 unspecified atom stereocenters. The SMILES string of the molecule is COc1ccc2c(c1)CCN(CCC#N)C2=O. The molecule has 0 aromatic heterocycles. The van der Waals surface area contributed by atoms with E-state index in [1.807, 2.05) is 6.07 Å². The second-order valence-corrected chi connectivity index (χ2v) is 3.97. The molecule has 4 nitrogen and oxygen atoms in total. The third-order valence-electron chi connectivity index (χ3n) is 2.97. The van der Waals surface area contributed by atoms with Crippen LogP contribution in [0.15, 0.2) is 18.2 Å². The second-order valence-electron chi connectivity index (χ2n) is 3.97. The molecular formula is C13H14N2O2. The van der Waals surface area contributed by atoms with Gasteiger partial charge in [0, 0.05) is 18.7 Å². The molecule has 88 valence electrons. The van der Waals surface area contributed by atoms with Gasteiger partial charge in [0.25, 0.3) is 5.91 Å². The van der Waals surface area contributed by atoms with E-state index in [2.05, 4.69) is 6.07 Å². The van der Waals surface area contributed by atoms with Crippen LogP contribution in [0.25, 0.3) is 0 Å². The van der Waals surface area contributed by atoms with Gasteiger partial charge in [0.2, 0.25) is 0 Å². The van der Waals surface area contributed by atoms with E-state index < -0.39 is 0 Å². The minimum Gasteiger partial charge on any atom is -0.497 e. The Bertz CT molecular complexity index is 477. The van der Waals surface area contributed by atoms with Crippen LogP contribution in [0, 0.1) is 11.3 Å². The summed E-state index contributed by atoms with van der Waals surface area (Å²) in [4.78, 5) is 13.8. The van der Waals surface area contributed by atoms with Gasteiger partial charge in [-0.2, -0.15) is 5.26 Å². The van der Waals surface area contributed by atoms with Crippen molar-refractivity contribution in [3.05, 3.63) is 29.3 Å². The number of hydrogen-bond donors (Lipinski definition) is 0. The Hall–Kier alpha value is -2.02. The van der Waals surface area contributed by atoms with Gasteiger partial charge in [0.05, 0.1) is 19.6 Å². The first-order valence-electron chi connectivity index (χ1n) is 5.59. The molecule has 0 spiro atoms. The first-order valence-corrected chi connectivity index (χ1v) is 5.59. The summed E-state index contributed by atoms with van der Waals surface area (Å²) in [6.45, 7) is 1.20. The number of ether oxygens (including phenoxy) is 1. The molecule has 0 fully saturated rings. The number of fused-ring (bicyclic) bond motifs is 1. The average Bonchev–Trinajstić information content (AvgIpc) is 2.37. The Kier molecular flexibility index (Phi) is 3.29. The molecule has 1 aliphatic rings. The lowest BCUT2D eigenvalue weighted by Crippen LogP contribution is -2.38. The average molecular weight is 230 g/mol. The molecule has 1 heterocycles. The maximum absolute atomic E-state index is 12.1. The number of benzene rings is 1. The molecule has 1 amide bonds. The quantitative estimate of drug-likeness (QED) is 0.792. The summed E-state index contributed by atoms with van der Waals surface area (Å²) < 4.78 is 5.14. The first-order chi connectivity index (χ1) is 8.26. The highest BCUT2D eigenvalue weighted by atomic mass is 16.5. The predicted octanol–water partition coefficient (Wildman–Crippen LogP) is 1.61. The van der Waals surface area contributed by atoms with Crippen molar-refractivity contribution < 1.29 is 9.53 Å². The standard InChI is InChI=1S/C13H14N2O2/c1-17-11-3-4-12-10(9-11)5-8-15(13(12)16)7-2-6-14/h3-4,9H,2,5,7-8H2,1H3. The van der Waals surface area contributed by atoms with Crippen LogP contribution in [0.5, 0.6) is 5.75 Å². The van der Waals surface area contributed by atoms with Gasteiger partial charge in [-0.15, -0.1) is 0 Å². The van der Waals surface area contributed by atoms with E-state index in [1.165, 1.54) is 0 Å². The number of carbonyl (C=O) groups is 1. The van der Waals surface area contributed by atoms with Crippen molar-refractivity contribution in [2.75, 3.05) is 20.2 Å². The lowest BCUT2D eigenvalue weighted by Gasteiger charge is -2.28. The maximum Gasteiger partial charge on any atom is 0.254 e. The van der Waals surface area contributed by atoms with Crippen LogP contribution < -0.4 is 4.74 Å². The van der Waals surface area contributed by atoms with Gasteiger partial charge in [-0.3, -0.25) is 4.79 Å². The van der Waals surface area contributed by atoms with E-state index in [0.29, 0.717) is 19.5 Å². The van der Waals surface area contributed by atoms with E-state index in [1.54, 1.807) is 24.1 Å². The fourth-order valence-corrected chi connectivity index (χ4v) is 2.04. The van der Waals surface area contributed by atoms with E-state index in [-0.39, 0.29) is 5.91 Å². The molecule has 1 aromatic carbocycles. The zero-order valence-electron chi connectivity index (χ0n) is 9.77. The van der Waals surface area contributed by atoms with E-state index in [9.17, 15) is 4.79 Å². The van der Waals surface area contributed by atoms with Gasteiger partial charge in [-0.05, 0) is 30.2 Å². The molecule has 4 heteroatoms. The number of nitriles is 1. The van der Waals surface area contributed by atoms with Crippen LogP contribution in [0.2, 0.25) is 0 Å². The number of amides is 1. The highest BCUT2D eigenvalue weighted by Gasteiger charge is 2.23. The smallest absolute Gasteiger partial charge is 0.254 e. The van der Waals surface area contributed by atoms with Crippen LogP contribution in [0.3, 0.4) is 0 Å². The first kappa shape index (κ1) is 11.5. The normalized spacial score (nSPS) is 14.1. The molecule has 0 saturated heterocycles. The Morgan fingerprint density at radius 2 is 2.35 bits per heavy atom. The van der Waals surface area contributed by atoms with Crippen molar-refractivity contribution in [3.8, 4) is 11.8 Å². The number of hydrogen-bond acceptors (Lipinski definition) is 3. The zero-order chi connectivity index (χ0) is 12.3. The minimum atomic E-state index is 0.0177. The number of rotatable bonds is 3. The van der Waals surface area contributed by atoms with Crippen molar-refractivity contribution in [2.24, 2.45) is 0 Å². The van der Waals surface area contributed by atoms with Crippen LogP contribution in [-0.4, -0.2) is 31.0 Å². The Morgan fingerprint density at radius 3 is 3.06 bits per heavy atom. The van der Waals surface area contributed by atoms with E-state index >= 15 is 0 Å². The molecule has 0 radical (unpaired) electrons. The van der Waals surface area contributed by atoms with Gasteiger partial charge >= 0.3 is 0 Å². The van der Waals surface area contributed by atoms with Crippen molar-refractivity contribution >= 4 is 5.91 Å². The molecule has 1 aliphatic heterocycles. The summed E-state index contributed by atoms with van der Waals surface area (Å²) in [6, 6.07) is 7.57. The number of carbonyl (C=O) groups excluding carboxylic acids is 1. The third kappa shape index (κ3) is 2.23.